The van der Waals surface area contributed by atoms with Crippen molar-refractivity contribution in [2.75, 3.05) is 19.0 Å². The first-order valence-corrected chi connectivity index (χ1v) is 8.99. The third-order valence-electron chi connectivity index (χ3n) is 2.26. The first kappa shape index (κ1) is 15.5. The molecule has 0 amide bonds. The summed E-state index contributed by atoms with van der Waals surface area (Å²) in [5, 5.41) is 0. The Kier molecular flexibility index (Phi) is 10.0. The van der Waals surface area contributed by atoms with E-state index >= 15 is 0 Å². The van der Waals surface area contributed by atoms with E-state index in [0.717, 1.165) is 50.3 Å². The van der Waals surface area contributed by atoms with E-state index in [1.807, 2.05) is 0 Å². The predicted molar refractivity (Wildman–Crippen MR) is 72.0 cm³/mol. The average molecular weight is 250 g/mol. The van der Waals surface area contributed by atoms with Gasteiger partial charge in [-0.2, -0.15) is 12.6 Å². The molecule has 0 saturated heterocycles. The van der Waals surface area contributed by atoms with Crippen LogP contribution in [0.2, 0.25) is 12.1 Å². The van der Waals surface area contributed by atoms with Crippen LogP contribution in [0, 0.1) is 0 Å². The lowest BCUT2D eigenvalue weighted by atomic mass is 10.5. The summed E-state index contributed by atoms with van der Waals surface area (Å²) in [6.07, 6.45) is 3.29. The molecule has 92 valence electrons. The van der Waals surface area contributed by atoms with E-state index in [-0.39, 0.29) is 0 Å². The monoisotopic (exact) mass is 250 g/mol. The maximum atomic E-state index is 6.03. The van der Waals surface area contributed by atoms with Crippen LogP contribution in [0.3, 0.4) is 0 Å². The lowest BCUT2D eigenvalue weighted by molar-refractivity contribution is 0.168. The summed E-state index contributed by atoms with van der Waals surface area (Å²) in [6, 6.07) is 2.12. The Morgan fingerprint density at radius 2 is 1.40 bits per heavy atom. The van der Waals surface area contributed by atoms with Gasteiger partial charge < -0.3 is 8.85 Å². The largest absolute Gasteiger partial charge is 0.394 e. The molecule has 0 aromatic heterocycles. The molecule has 0 heterocycles. The van der Waals surface area contributed by atoms with Gasteiger partial charge in [0.05, 0.1) is 0 Å². The van der Waals surface area contributed by atoms with Gasteiger partial charge in [-0.1, -0.05) is 27.2 Å². The number of thiol groups is 1. The van der Waals surface area contributed by atoms with Crippen molar-refractivity contribution in [3.63, 3.8) is 0 Å². The smallest absolute Gasteiger partial charge is 0.338 e. The van der Waals surface area contributed by atoms with E-state index in [4.69, 9.17) is 8.85 Å². The van der Waals surface area contributed by atoms with E-state index in [2.05, 4.69) is 33.4 Å². The van der Waals surface area contributed by atoms with Crippen LogP contribution in [-0.4, -0.2) is 27.5 Å². The van der Waals surface area contributed by atoms with E-state index in [9.17, 15) is 0 Å². The summed E-state index contributed by atoms with van der Waals surface area (Å²) in [6.45, 7) is 8.16. The van der Waals surface area contributed by atoms with Crippen LogP contribution >= 0.6 is 12.6 Å². The van der Waals surface area contributed by atoms with Crippen LogP contribution in [0.25, 0.3) is 0 Å². The normalized spacial score (nSPS) is 12.0. The van der Waals surface area contributed by atoms with Gasteiger partial charge >= 0.3 is 8.56 Å². The number of hydrogen-bond donors (Lipinski definition) is 1. The molecule has 0 radical (unpaired) electrons. The Labute approximate surface area is 101 Å². The Morgan fingerprint density at radius 1 is 0.867 bits per heavy atom. The summed E-state index contributed by atoms with van der Waals surface area (Å²) in [7, 11) is -1.91. The second-order valence-corrected chi connectivity index (χ2v) is 7.68. The lowest BCUT2D eigenvalue weighted by Crippen LogP contribution is -2.43. The van der Waals surface area contributed by atoms with Crippen molar-refractivity contribution in [3.05, 3.63) is 0 Å². The quantitative estimate of drug-likeness (QED) is 0.471. The van der Waals surface area contributed by atoms with Gasteiger partial charge in [-0.3, -0.25) is 0 Å². The minimum atomic E-state index is -1.91. The fourth-order valence-electron chi connectivity index (χ4n) is 1.58. The number of hydrogen-bond acceptors (Lipinski definition) is 3. The highest BCUT2D eigenvalue weighted by atomic mass is 32.1. The van der Waals surface area contributed by atoms with Crippen molar-refractivity contribution < 1.29 is 8.85 Å². The third-order valence-corrected chi connectivity index (χ3v) is 6.64. The van der Waals surface area contributed by atoms with Crippen molar-refractivity contribution in [2.24, 2.45) is 0 Å². The molecule has 0 aliphatic carbocycles. The minimum Gasteiger partial charge on any atom is -0.394 e. The minimum absolute atomic E-state index is 0.837. The van der Waals surface area contributed by atoms with Crippen LogP contribution in [0.5, 0.6) is 0 Å². The van der Waals surface area contributed by atoms with Crippen molar-refractivity contribution in [1.82, 2.24) is 0 Å². The summed E-state index contributed by atoms with van der Waals surface area (Å²) >= 11 is 4.33. The third kappa shape index (κ3) is 6.61. The van der Waals surface area contributed by atoms with Gasteiger partial charge in [0.1, 0.15) is 0 Å². The van der Waals surface area contributed by atoms with E-state index in [1.54, 1.807) is 0 Å². The van der Waals surface area contributed by atoms with E-state index < -0.39 is 8.56 Å². The molecule has 0 aromatic carbocycles. The van der Waals surface area contributed by atoms with E-state index in [0.29, 0.717) is 0 Å². The van der Waals surface area contributed by atoms with Crippen molar-refractivity contribution >= 4 is 21.2 Å². The molecule has 0 N–H and O–H groups in total. The molecule has 0 aromatic rings. The zero-order valence-electron chi connectivity index (χ0n) is 10.4. The highest BCUT2D eigenvalue weighted by Crippen LogP contribution is 2.22. The van der Waals surface area contributed by atoms with Gasteiger partial charge in [0, 0.05) is 13.2 Å². The molecular formula is C11H26O2SSi. The van der Waals surface area contributed by atoms with Crippen LogP contribution in [-0.2, 0) is 8.85 Å². The molecule has 0 atom stereocenters. The molecule has 2 nitrogen and oxygen atoms in total. The Morgan fingerprint density at radius 3 is 1.73 bits per heavy atom. The first-order valence-electron chi connectivity index (χ1n) is 6.13. The second-order valence-electron chi connectivity index (χ2n) is 3.83. The number of rotatable bonds is 10. The summed E-state index contributed by atoms with van der Waals surface area (Å²) in [5.74, 6) is 0.875. The zero-order chi connectivity index (χ0) is 11.6. The molecule has 0 fully saturated rings. The van der Waals surface area contributed by atoms with Gasteiger partial charge in [0.15, 0.2) is 0 Å². The van der Waals surface area contributed by atoms with Crippen molar-refractivity contribution in [1.29, 1.82) is 0 Å². The fraction of sp³-hybridized carbons (Fsp3) is 1.00. The van der Waals surface area contributed by atoms with Gasteiger partial charge in [0.25, 0.3) is 0 Å². The molecule has 4 heteroatoms. The van der Waals surface area contributed by atoms with Crippen LogP contribution in [0.15, 0.2) is 0 Å². The summed E-state index contributed by atoms with van der Waals surface area (Å²) in [5.41, 5.74) is 0. The highest BCUT2D eigenvalue weighted by molar-refractivity contribution is 7.80. The van der Waals surface area contributed by atoms with E-state index in [1.165, 1.54) is 0 Å². The molecule has 0 saturated carbocycles. The second kappa shape index (κ2) is 9.69. The van der Waals surface area contributed by atoms with Gasteiger partial charge in [0.2, 0.25) is 0 Å². The lowest BCUT2D eigenvalue weighted by Gasteiger charge is -2.30. The Balaban J connectivity index is 4.26. The molecule has 0 unspecified atom stereocenters. The zero-order valence-corrected chi connectivity index (χ0v) is 12.3. The summed E-state index contributed by atoms with van der Waals surface area (Å²) in [4.78, 5) is 0. The molecule has 0 rings (SSSR count). The Bertz CT molecular complexity index is 129. The highest BCUT2D eigenvalue weighted by Gasteiger charge is 2.35. The first-order chi connectivity index (χ1) is 7.24. The molecule has 15 heavy (non-hydrogen) atoms. The maximum Gasteiger partial charge on any atom is 0.338 e. The van der Waals surface area contributed by atoms with Crippen LogP contribution in [0.1, 0.15) is 40.0 Å². The molecule has 0 bridgehead atoms. The maximum absolute atomic E-state index is 6.03. The SMILES string of the molecule is CCCO[Si](CCC)(CCS)OCCC. The van der Waals surface area contributed by atoms with Crippen molar-refractivity contribution in [2.45, 2.75) is 52.1 Å². The summed E-state index contributed by atoms with van der Waals surface area (Å²) < 4.78 is 12.1. The fourth-order valence-corrected chi connectivity index (χ4v) is 5.77. The molecule has 0 aliphatic heterocycles. The topological polar surface area (TPSA) is 18.5 Å². The van der Waals surface area contributed by atoms with Gasteiger partial charge in [-0.25, -0.2) is 0 Å². The molecule has 0 aliphatic rings. The average Bonchev–Trinajstić information content (AvgIpc) is 2.24. The van der Waals surface area contributed by atoms with Crippen molar-refractivity contribution in [3.8, 4) is 0 Å². The van der Waals surface area contributed by atoms with Gasteiger partial charge in [-0.15, -0.1) is 0 Å². The predicted octanol–water partition coefficient (Wildman–Crippen LogP) is 3.62. The van der Waals surface area contributed by atoms with Gasteiger partial charge in [-0.05, 0) is 30.7 Å². The molecule has 0 spiro atoms. The molecular weight excluding hydrogens is 224 g/mol. The Hall–Kier alpha value is 0.487. The van der Waals surface area contributed by atoms with Crippen LogP contribution < -0.4 is 0 Å². The van der Waals surface area contributed by atoms with Crippen LogP contribution in [0.4, 0.5) is 0 Å². The standard InChI is InChI=1S/C11H26O2SSi/c1-4-7-12-15(10-6-3,11-9-14)13-8-5-2/h14H,4-11H2,1-3H3.